The fraction of sp³-hybridized carbons (Fsp3) is 0.526. The van der Waals surface area contributed by atoms with Gasteiger partial charge in [-0.2, -0.15) is 0 Å². The molecule has 7 heteroatoms. The summed E-state index contributed by atoms with van der Waals surface area (Å²) in [6.45, 7) is 3.07. The summed E-state index contributed by atoms with van der Waals surface area (Å²) in [7, 11) is 0. The Morgan fingerprint density at radius 2 is 2.12 bits per heavy atom. The topological polar surface area (TPSA) is 78.3 Å². The highest BCUT2D eigenvalue weighted by molar-refractivity contribution is 7.13. The minimum absolute atomic E-state index is 0.104. The van der Waals surface area contributed by atoms with Crippen LogP contribution in [0, 0.1) is 5.92 Å². The van der Waals surface area contributed by atoms with Crippen LogP contribution in [0.1, 0.15) is 52.1 Å². The molecule has 138 valence electrons. The number of nitrogens with zero attached hydrogens (tertiary/aromatic N) is 3. The standard InChI is InChI=1S/C19H24N4O2S/c24-14-9-13(10-14)18(15-5-1-2-6-20-15)22-19(25)16-11-21-17(26-16)12-23-7-3-4-8-23/h1-2,5-6,11,13-14,18,24H,3-4,7-10,12H2,(H,22,25)/t13?,14?,18-/m1/s1. The van der Waals surface area contributed by atoms with Crippen molar-refractivity contribution in [2.45, 2.75) is 44.4 Å². The number of hydrogen-bond donors (Lipinski definition) is 2. The average Bonchev–Trinajstić information content (AvgIpc) is 3.30. The highest BCUT2D eigenvalue weighted by Crippen LogP contribution is 2.37. The molecule has 1 saturated heterocycles. The van der Waals surface area contributed by atoms with Crippen molar-refractivity contribution in [1.29, 1.82) is 0 Å². The fourth-order valence-electron chi connectivity index (χ4n) is 3.73. The average molecular weight is 372 g/mol. The number of aliphatic hydroxyl groups is 1. The first-order valence-electron chi connectivity index (χ1n) is 9.26. The Hall–Kier alpha value is -1.83. The molecule has 26 heavy (non-hydrogen) atoms. The molecule has 1 atom stereocenters. The van der Waals surface area contributed by atoms with E-state index in [0.29, 0.717) is 17.7 Å². The van der Waals surface area contributed by atoms with Crippen LogP contribution in [0.4, 0.5) is 0 Å². The number of nitrogens with one attached hydrogen (secondary N) is 1. The molecule has 1 aliphatic carbocycles. The molecule has 2 aliphatic rings. The number of amides is 1. The summed E-state index contributed by atoms with van der Waals surface area (Å²) < 4.78 is 0. The van der Waals surface area contributed by atoms with Gasteiger partial charge in [0.15, 0.2) is 0 Å². The Morgan fingerprint density at radius 3 is 2.81 bits per heavy atom. The number of rotatable bonds is 6. The van der Waals surface area contributed by atoms with Gasteiger partial charge >= 0.3 is 0 Å². The van der Waals surface area contributed by atoms with Gasteiger partial charge in [-0.15, -0.1) is 11.3 Å². The van der Waals surface area contributed by atoms with E-state index in [0.717, 1.165) is 30.3 Å². The van der Waals surface area contributed by atoms with Crippen LogP contribution in [0.2, 0.25) is 0 Å². The minimum Gasteiger partial charge on any atom is -0.393 e. The van der Waals surface area contributed by atoms with Gasteiger partial charge in [0.25, 0.3) is 5.91 Å². The lowest BCUT2D eigenvalue weighted by Crippen LogP contribution is -2.41. The highest BCUT2D eigenvalue weighted by atomic mass is 32.1. The molecule has 0 radical (unpaired) electrons. The normalized spacial score (nSPS) is 24.2. The van der Waals surface area contributed by atoms with Crippen LogP contribution >= 0.6 is 11.3 Å². The number of aromatic nitrogens is 2. The van der Waals surface area contributed by atoms with Crippen LogP contribution in [0.3, 0.4) is 0 Å². The van der Waals surface area contributed by atoms with E-state index >= 15 is 0 Å². The molecular weight excluding hydrogens is 348 g/mol. The highest BCUT2D eigenvalue weighted by Gasteiger charge is 2.36. The number of hydrogen-bond acceptors (Lipinski definition) is 6. The maximum Gasteiger partial charge on any atom is 0.263 e. The van der Waals surface area contributed by atoms with Gasteiger partial charge in [0, 0.05) is 6.20 Å². The summed E-state index contributed by atoms with van der Waals surface area (Å²) in [6.07, 6.45) is 7.05. The van der Waals surface area contributed by atoms with Crippen molar-refractivity contribution in [2.75, 3.05) is 13.1 Å². The van der Waals surface area contributed by atoms with Gasteiger partial charge in [0.05, 0.1) is 30.6 Å². The Bertz CT molecular complexity index is 739. The third-order valence-electron chi connectivity index (χ3n) is 5.25. The van der Waals surface area contributed by atoms with E-state index < -0.39 is 0 Å². The number of pyridine rings is 1. The molecule has 1 amide bonds. The maximum absolute atomic E-state index is 12.8. The number of likely N-dealkylation sites (tertiary alicyclic amines) is 1. The SMILES string of the molecule is O=C(N[C@@H](c1ccccn1)C1CC(O)C1)c1cnc(CN2CCCC2)s1. The number of aliphatic hydroxyl groups excluding tert-OH is 1. The molecular formula is C19H24N4O2S. The van der Waals surface area contributed by atoms with Crippen LogP contribution in [-0.4, -0.2) is 45.1 Å². The predicted octanol–water partition coefficient (Wildman–Crippen LogP) is 2.38. The quantitative estimate of drug-likeness (QED) is 0.814. The van der Waals surface area contributed by atoms with Crippen LogP contribution in [-0.2, 0) is 6.54 Å². The molecule has 4 rings (SSSR count). The van der Waals surface area contributed by atoms with Gasteiger partial charge in [-0.3, -0.25) is 14.7 Å². The summed E-state index contributed by atoms with van der Waals surface area (Å²) >= 11 is 1.47. The van der Waals surface area contributed by atoms with Gasteiger partial charge in [-0.05, 0) is 56.8 Å². The molecule has 1 aliphatic heterocycles. The van der Waals surface area contributed by atoms with Gasteiger partial charge in [0.2, 0.25) is 0 Å². The van der Waals surface area contributed by atoms with Gasteiger partial charge in [-0.1, -0.05) is 6.07 Å². The molecule has 6 nitrogen and oxygen atoms in total. The van der Waals surface area contributed by atoms with Crippen molar-refractivity contribution in [2.24, 2.45) is 5.92 Å². The zero-order chi connectivity index (χ0) is 17.9. The molecule has 0 unspecified atom stereocenters. The first kappa shape index (κ1) is 17.6. The van der Waals surface area contributed by atoms with E-state index in [2.05, 4.69) is 20.2 Å². The van der Waals surface area contributed by atoms with E-state index in [1.165, 1.54) is 24.2 Å². The molecule has 0 spiro atoms. The lowest BCUT2D eigenvalue weighted by Gasteiger charge is -2.37. The second kappa shape index (κ2) is 7.82. The second-order valence-corrected chi connectivity index (χ2v) is 8.31. The molecule has 1 saturated carbocycles. The first-order chi connectivity index (χ1) is 12.7. The van der Waals surface area contributed by atoms with Crippen LogP contribution in [0.15, 0.2) is 30.6 Å². The van der Waals surface area contributed by atoms with E-state index in [-0.39, 0.29) is 24.0 Å². The number of carbonyl (C=O) groups excluding carboxylic acids is 1. The van der Waals surface area contributed by atoms with Crippen LogP contribution in [0.25, 0.3) is 0 Å². The van der Waals surface area contributed by atoms with E-state index in [9.17, 15) is 9.90 Å². The predicted molar refractivity (Wildman–Crippen MR) is 99.8 cm³/mol. The van der Waals surface area contributed by atoms with E-state index in [4.69, 9.17) is 0 Å². The molecule has 2 aromatic rings. The Kier molecular flexibility index (Phi) is 5.28. The summed E-state index contributed by atoms with van der Waals surface area (Å²) in [5.41, 5.74) is 0.847. The smallest absolute Gasteiger partial charge is 0.263 e. The van der Waals surface area contributed by atoms with E-state index in [1.807, 2.05) is 18.2 Å². The largest absolute Gasteiger partial charge is 0.393 e. The molecule has 3 heterocycles. The van der Waals surface area contributed by atoms with E-state index in [1.54, 1.807) is 12.4 Å². The Balaban J connectivity index is 1.43. The molecule has 0 bridgehead atoms. The Labute approximate surface area is 157 Å². The van der Waals surface area contributed by atoms with Crippen molar-refractivity contribution in [3.8, 4) is 0 Å². The monoisotopic (exact) mass is 372 g/mol. The Morgan fingerprint density at radius 1 is 1.31 bits per heavy atom. The summed E-state index contributed by atoms with van der Waals surface area (Å²) in [5.74, 6) is 0.119. The molecule has 0 aromatic carbocycles. The minimum atomic E-state index is -0.265. The summed E-state index contributed by atoms with van der Waals surface area (Å²) in [6, 6.07) is 5.56. The first-order valence-corrected chi connectivity index (χ1v) is 10.1. The maximum atomic E-state index is 12.8. The lowest BCUT2D eigenvalue weighted by molar-refractivity contribution is 0.0228. The van der Waals surface area contributed by atoms with Crippen molar-refractivity contribution in [3.63, 3.8) is 0 Å². The summed E-state index contributed by atoms with van der Waals surface area (Å²) in [5, 5.41) is 13.8. The van der Waals surface area contributed by atoms with Crippen molar-refractivity contribution < 1.29 is 9.90 Å². The third-order valence-corrected chi connectivity index (χ3v) is 6.23. The number of carbonyl (C=O) groups is 1. The van der Waals surface area contributed by atoms with Gasteiger partial charge in [0.1, 0.15) is 9.88 Å². The van der Waals surface area contributed by atoms with Crippen molar-refractivity contribution >= 4 is 17.2 Å². The van der Waals surface area contributed by atoms with Crippen LogP contribution in [0.5, 0.6) is 0 Å². The zero-order valence-corrected chi connectivity index (χ0v) is 15.5. The second-order valence-electron chi connectivity index (χ2n) is 7.19. The fourth-order valence-corrected chi connectivity index (χ4v) is 4.59. The third kappa shape index (κ3) is 3.95. The molecule has 2 fully saturated rings. The lowest BCUT2D eigenvalue weighted by atomic mass is 9.76. The zero-order valence-electron chi connectivity index (χ0n) is 14.7. The summed E-state index contributed by atoms with van der Waals surface area (Å²) in [4.78, 5) is 24.6. The van der Waals surface area contributed by atoms with Gasteiger partial charge < -0.3 is 10.4 Å². The number of thiazole rings is 1. The molecule has 2 aromatic heterocycles. The van der Waals surface area contributed by atoms with Crippen molar-refractivity contribution in [1.82, 2.24) is 20.2 Å². The van der Waals surface area contributed by atoms with Crippen molar-refractivity contribution in [3.05, 3.63) is 46.2 Å². The molecule has 2 N–H and O–H groups in total. The van der Waals surface area contributed by atoms with Gasteiger partial charge in [-0.25, -0.2) is 4.98 Å². The van der Waals surface area contributed by atoms with Crippen LogP contribution < -0.4 is 5.32 Å².